The maximum absolute atomic E-state index is 12.8. The molecule has 2 amide bonds. The zero-order valence-corrected chi connectivity index (χ0v) is 18.6. The van der Waals surface area contributed by atoms with Crippen LogP contribution in [0.4, 0.5) is 4.79 Å². The van der Waals surface area contributed by atoms with Crippen molar-refractivity contribution in [3.05, 3.63) is 95.6 Å². The summed E-state index contributed by atoms with van der Waals surface area (Å²) in [5, 5.41) is 3.02. The molecule has 1 saturated carbocycles. The van der Waals surface area contributed by atoms with Gasteiger partial charge in [0.25, 0.3) is 5.91 Å². The van der Waals surface area contributed by atoms with Crippen LogP contribution in [-0.2, 0) is 11.3 Å². The van der Waals surface area contributed by atoms with E-state index in [2.05, 4.69) is 23.5 Å². The normalized spacial score (nSPS) is 17.6. The number of amides is 2. The summed E-state index contributed by atoms with van der Waals surface area (Å²) >= 11 is 0. The van der Waals surface area contributed by atoms with Crippen molar-refractivity contribution >= 4 is 12.0 Å². The lowest BCUT2D eigenvalue weighted by Crippen LogP contribution is -2.31. The molecule has 0 aromatic heterocycles. The van der Waals surface area contributed by atoms with E-state index in [0.29, 0.717) is 18.2 Å². The summed E-state index contributed by atoms with van der Waals surface area (Å²) in [6, 6.07) is 26.2. The number of carbonyl (C=O) groups is 2. The molecule has 2 fully saturated rings. The monoisotopic (exact) mass is 440 g/mol. The summed E-state index contributed by atoms with van der Waals surface area (Å²) in [6.45, 7) is 0.983. The number of likely N-dealkylation sites (tertiary alicyclic amines) is 1. The standard InChI is InChI=1S/C28H28N2O3/c31-27(29-25-15-16-25)22-13-11-21(12-14-22)23-8-4-9-24(18-23)26-10-5-17-30(26)28(32)33-19-20-6-2-1-3-7-20/h1-4,6-9,11-14,18,25-26H,5,10,15-17,19H2,(H,29,31)/t26-/m0/s1. The van der Waals surface area contributed by atoms with Crippen LogP contribution in [-0.4, -0.2) is 29.5 Å². The molecule has 168 valence electrons. The molecule has 5 rings (SSSR count). The van der Waals surface area contributed by atoms with Crippen LogP contribution in [0.1, 0.15) is 53.2 Å². The first-order valence-corrected chi connectivity index (χ1v) is 11.7. The third kappa shape index (κ3) is 5.08. The number of rotatable bonds is 6. The largest absolute Gasteiger partial charge is 0.445 e. The molecule has 1 aliphatic carbocycles. The first-order valence-electron chi connectivity index (χ1n) is 11.7. The summed E-state index contributed by atoms with van der Waals surface area (Å²) in [4.78, 5) is 26.9. The van der Waals surface area contributed by atoms with Gasteiger partial charge in [-0.3, -0.25) is 4.79 Å². The van der Waals surface area contributed by atoms with Crippen molar-refractivity contribution in [1.82, 2.24) is 10.2 Å². The molecule has 1 aliphatic heterocycles. The minimum Gasteiger partial charge on any atom is -0.445 e. The Hall–Kier alpha value is -3.60. The van der Waals surface area contributed by atoms with Gasteiger partial charge in [0.05, 0.1) is 6.04 Å². The van der Waals surface area contributed by atoms with E-state index in [0.717, 1.165) is 47.9 Å². The highest BCUT2D eigenvalue weighted by Crippen LogP contribution is 2.34. The Bertz CT molecular complexity index is 1120. The van der Waals surface area contributed by atoms with Crippen molar-refractivity contribution in [2.75, 3.05) is 6.54 Å². The molecular formula is C28H28N2O3. The van der Waals surface area contributed by atoms with E-state index in [-0.39, 0.29) is 24.6 Å². The molecule has 33 heavy (non-hydrogen) atoms. The molecule has 3 aromatic carbocycles. The van der Waals surface area contributed by atoms with Crippen molar-refractivity contribution in [3.8, 4) is 11.1 Å². The van der Waals surface area contributed by atoms with Crippen LogP contribution in [0.5, 0.6) is 0 Å². The smallest absolute Gasteiger partial charge is 0.410 e. The number of benzene rings is 3. The fourth-order valence-electron chi connectivity index (χ4n) is 4.37. The van der Waals surface area contributed by atoms with Gasteiger partial charge in [-0.25, -0.2) is 4.79 Å². The van der Waals surface area contributed by atoms with Gasteiger partial charge in [-0.2, -0.15) is 0 Å². The number of carbonyl (C=O) groups excluding carboxylic acids is 2. The van der Waals surface area contributed by atoms with Gasteiger partial charge >= 0.3 is 6.09 Å². The van der Waals surface area contributed by atoms with E-state index in [4.69, 9.17) is 4.74 Å². The topological polar surface area (TPSA) is 58.6 Å². The summed E-state index contributed by atoms with van der Waals surface area (Å²) in [5.41, 5.74) is 4.90. The van der Waals surface area contributed by atoms with Crippen LogP contribution in [0, 0.1) is 0 Å². The van der Waals surface area contributed by atoms with Gasteiger partial charge in [0, 0.05) is 18.2 Å². The fraction of sp³-hybridized carbons (Fsp3) is 0.286. The minimum absolute atomic E-state index is 0.00610. The molecule has 1 N–H and O–H groups in total. The van der Waals surface area contributed by atoms with Crippen molar-refractivity contribution in [1.29, 1.82) is 0 Å². The van der Waals surface area contributed by atoms with Crippen LogP contribution < -0.4 is 5.32 Å². The molecule has 0 spiro atoms. The van der Waals surface area contributed by atoms with Gasteiger partial charge in [-0.05, 0) is 66.1 Å². The number of hydrogen-bond donors (Lipinski definition) is 1. The zero-order chi connectivity index (χ0) is 22.6. The average molecular weight is 441 g/mol. The van der Waals surface area contributed by atoms with E-state index in [1.807, 2.05) is 65.6 Å². The number of nitrogens with zero attached hydrogens (tertiary/aromatic N) is 1. The van der Waals surface area contributed by atoms with Gasteiger partial charge in [-0.15, -0.1) is 0 Å². The highest BCUT2D eigenvalue weighted by molar-refractivity contribution is 5.95. The van der Waals surface area contributed by atoms with Gasteiger partial charge < -0.3 is 15.0 Å². The molecule has 0 unspecified atom stereocenters. The second-order valence-electron chi connectivity index (χ2n) is 8.84. The molecular weight excluding hydrogens is 412 g/mol. The molecule has 3 aromatic rings. The van der Waals surface area contributed by atoms with E-state index in [1.165, 1.54) is 0 Å². The molecule has 1 heterocycles. The van der Waals surface area contributed by atoms with Gasteiger partial charge in [0.2, 0.25) is 0 Å². The number of nitrogens with one attached hydrogen (secondary N) is 1. The summed E-state index contributed by atoms with van der Waals surface area (Å²) in [6.07, 6.45) is 3.77. The summed E-state index contributed by atoms with van der Waals surface area (Å²) in [5.74, 6) is -0.00610. The lowest BCUT2D eigenvalue weighted by atomic mass is 9.97. The minimum atomic E-state index is -0.266. The Kier molecular flexibility index (Phi) is 6.11. The molecule has 5 heteroatoms. The number of ether oxygens (including phenoxy) is 1. The van der Waals surface area contributed by atoms with E-state index >= 15 is 0 Å². The quantitative estimate of drug-likeness (QED) is 0.533. The Balaban J connectivity index is 1.27. The third-order valence-electron chi connectivity index (χ3n) is 6.36. The lowest BCUT2D eigenvalue weighted by Gasteiger charge is -2.25. The average Bonchev–Trinajstić information content (AvgIpc) is 3.54. The molecule has 0 radical (unpaired) electrons. The Morgan fingerprint density at radius 1 is 0.879 bits per heavy atom. The van der Waals surface area contributed by atoms with Crippen LogP contribution in [0.3, 0.4) is 0 Å². The Morgan fingerprint density at radius 3 is 2.42 bits per heavy atom. The summed E-state index contributed by atoms with van der Waals surface area (Å²) < 4.78 is 5.60. The Labute approximate surface area is 194 Å². The predicted octanol–water partition coefficient (Wildman–Crippen LogP) is 5.72. The van der Waals surface area contributed by atoms with E-state index in [1.54, 1.807) is 0 Å². The number of hydrogen-bond acceptors (Lipinski definition) is 3. The SMILES string of the molecule is O=C(NC1CC1)c1ccc(-c2cccc([C@@H]3CCCN3C(=O)OCc3ccccc3)c2)cc1. The van der Waals surface area contributed by atoms with Gasteiger partial charge in [0.1, 0.15) is 6.61 Å². The van der Waals surface area contributed by atoms with Crippen LogP contribution >= 0.6 is 0 Å². The van der Waals surface area contributed by atoms with Crippen LogP contribution in [0.15, 0.2) is 78.9 Å². The predicted molar refractivity (Wildman–Crippen MR) is 128 cm³/mol. The maximum Gasteiger partial charge on any atom is 0.410 e. The fourth-order valence-corrected chi connectivity index (χ4v) is 4.37. The van der Waals surface area contributed by atoms with Crippen LogP contribution in [0.25, 0.3) is 11.1 Å². The first kappa shape index (κ1) is 21.3. The van der Waals surface area contributed by atoms with Crippen molar-refractivity contribution < 1.29 is 14.3 Å². The van der Waals surface area contributed by atoms with E-state index < -0.39 is 0 Å². The van der Waals surface area contributed by atoms with Crippen LogP contribution in [0.2, 0.25) is 0 Å². The second-order valence-corrected chi connectivity index (χ2v) is 8.84. The molecule has 0 bridgehead atoms. The molecule has 2 aliphatic rings. The van der Waals surface area contributed by atoms with Crippen molar-refractivity contribution in [3.63, 3.8) is 0 Å². The second kappa shape index (κ2) is 9.49. The molecule has 1 saturated heterocycles. The highest BCUT2D eigenvalue weighted by Gasteiger charge is 2.31. The maximum atomic E-state index is 12.8. The van der Waals surface area contributed by atoms with E-state index in [9.17, 15) is 9.59 Å². The Morgan fingerprint density at radius 2 is 1.67 bits per heavy atom. The molecule has 5 nitrogen and oxygen atoms in total. The van der Waals surface area contributed by atoms with Gasteiger partial charge in [-0.1, -0.05) is 60.7 Å². The summed E-state index contributed by atoms with van der Waals surface area (Å²) in [7, 11) is 0. The third-order valence-corrected chi connectivity index (χ3v) is 6.36. The zero-order valence-electron chi connectivity index (χ0n) is 18.6. The first-order chi connectivity index (χ1) is 16.2. The molecule has 1 atom stereocenters. The lowest BCUT2D eigenvalue weighted by molar-refractivity contribution is 0.0919. The van der Waals surface area contributed by atoms with Gasteiger partial charge in [0.15, 0.2) is 0 Å². The highest BCUT2D eigenvalue weighted by atomic mass is 16.6. The van der Waals surface area contributed by atoms with Crippen molar-refractivity contribution in [2.45, 2.75) is 44.4 Å². The van der Waals surface area contributed by atoms with Crippen molar-refractivity contribution in [2.24, 2.45) is 0 Å².